The van der Waals surface area contributed by atoms with Crippen LogP contribution in [-0.4, -0.2) is 41.7 Å². The molecule has 0 radical (unpaired) electrons. The van der Waals surface area contributed by atoms with Gasteiger partial charge in [0.05, 0.1) is 16.9 Å². The second-order valence-electron chi connectivity index (χ2n) is 6.98. The summed E-state index contributed by atoms with van der Waals surface area (Å²) in [7, 11) is -3.95. The average Bonchev–Trinajstić information content (AvgIpc) is 3.20. The summed E-state index contributed by atoms with van der Waals surface area (Å²) in [5.41, 5.74) is 1.12. The SMILES string of the molecule is CC[C@H](C(=O)Nc1nnc(-c2ccccc2)s1)N(c1cc([N+](=O)[O-])ccc1C)S(C)(=O)=O. The molecule has 2 aromatic carbocycles. The Morgan fingerprint density at radius 3 is 2.50 bits per heavy atom. The summed E-state index contributed by atoms with van der Waals surface area (Å²) in [5.74, 6) is -0.611. The van der Waals surface area contributed by atoms with Crippen molar-refractivity contribution in [3.63, 3.8) is 0 Å². The van der Waals surface area contributed by atoms with E-state index in [0.29, 0.717) is 10.6 Å². The molecule has 168 valence electrons. The number of amides is 1. The van der Waals surface area contributed by atoms with Gasteiger partial charge in [-0.15, -0.1) is 10.2 Å². The first-order valence-corrected chi connectivity index (χ1v) is 12.2. The molecule has 1 aromatic heterocycles. The molecule has 1 atom stereocenters. The molecule has 0 unspecified atom stereocenters. The first kappa shape index (κ1) is 23.3. The van der Waals surface area contributed by atoms with Gasteiger partial charge >= 0.3 is 0 Å². The molecule has 0 saturated heterocycles. The Morgan fingerprint density at radius 2 is 1.91 bits per heavy atom. The molecule has 3 aromatic rings. The number of nitro benzene ring substituents is 1. The number of aryl methyl sites for hydroxylation is 1. The quantitative estimate of drug-likeness (QED) is 0.388. The normalized spacial score (nSPS) is 12.2. The number of hydrogen-bond acceptors (Lipinski definition) is 8. The Bertz CT molecular complexity index is 1240. The van der Waals surface area contributed by atoms with Crippen molar-refractivity contribution in [2.75, 3.05) is 15.9 Å². The summed E-state index contributed by atoms with van der Waals surface area (Å²) in [6.07, 6.45) is 1.09. The molecule has 1 N–H and O–H groups in total. The molecule has 0 fully saturated rings. The largest absolute Gasteiger partial charge is 0.299 e. The summed E-state index contributed by atoms with van der Waals surface area (Å²) < 4.78 is 26.2. The molecule has 1 amide bonds. The highest BCUT2D eigenvalue weighted by Crippen LogP contribution is 2.31. The fraction of sp³-hybridized carbons (Fsp3) is 0.250. The van der Waals surface area contributed by atoms with Gasteiger partial charge < -0.3 is 0 Å². The number of nitro groups is 1. The monoisotopic (exact) mass is 475 g/mol. The summed E-state index contributed by atoms with van der Waals surface area (Å²) in [6.45, 7) is 3.28. The van der Waals surface area contributed by atoms with Crippen LogP contribution in [0.5, 0.6) is 0 Å². The van der Waals surface area contributed by atoms with Gasteiger partial charge in [0, 0.05) is 17.7 Å². The van der Waals surface area contributed by atoms with Crippen molar-refractivity contribution in [1.29, 1.82) is 0 Å². The van der Waals surface area contributed by atoms with E-state index in [2.05, 4.69) is 15.5 Å². The summed E-state index contributed by atoms with van der Waals surface area (Å²) >= 11 is 1.16. The predicted octanol–water partition coefficient (Wildman–Crippen LogP) is 3.61. The van der Waals surface area contributed by atoms with Crippen molar-refractivity contribution in [3.8, 4) is 10.6 Å². The minimum Gasteiger partial charge on any atom is -0.299 e. The van der Waals surface area contributed by atoms with E-state index in [1.54, 1.807) is 13.8 Å². The second kappa shape index (κ2) is 9.40. The van der Waals surface area contributed by atoms with E-state index in [0.717, 1.165) is 33.5 Å². The number of carbonyl (C=O) groups excluding carboxylic acids is 1. The topological polar surface area (TPSA) is 135 Å². The van der Waals surface area contributed by atoms with Gasteiger partial charge in [0.2, 0.25) is 21.1 Å². The smallest absolute Gasteiger partial charge is 0.271 e. The summed E-state index contributed by atoms with van der Waals surface area (Å²) in [5, 5.41) is 22.7. The molecule has 0 bridgehead atoms. The lowest BCUT2D eigenvalue weighted by atomic mass is 10.1. The molecule has 0 saturated carbocycles. The van der Waals surface area contributed by atoms with Gasteiger partial charge in [-0.2, -0.15) is 0 Å². The van der Waals surface area contributed by atoms with Crippen LogP contribution in [0.1, 0.15) is 18.9 Å². The van der Waals surface area contributed by atoms with Crippen molar-refractivity contribution in [2.45, 2.75) is 26.3 Å². The van der Waals surface area contributed by atoms with Crippen LogP contribution in [0.25, 0.3) is 10.6 Å². The van der Waals surface area contributed by atoms with Gasteiger partial charge in [0.25, 0.3) is 5.69 Å². The summed E-state index contributed by atoms with van der Waals surface area (Å²) in [4.78, 5) is 23.7. The molecular weight excluding hydrogens is 454 g/mol. The highest BCUT2D eigenvalue weighted by Gasteiger charge is 2.33. The number of nitrogens with one attached hydrogen (secondary N) is 1. The Balaban J connectivity index is 1.94. The number of aromatic nitrogens is 2. The molecule has 0 aliphatic carbocycles. The van der Waals surface area contributed by atoms with Crippen LogP contribution in [0.15, 0.2) is 48.5 Å². The van der Waals surface area contributed by atoms with E-state index in [1.807, 2.05) is 30.3 Å². The van der Waals surface area contributed by atoms with Crippen LogP contribution >= 0.6 is 11.3 Å². The van der Waals surface area contributed by atoms with E-state index in [-0.39, 0.29) is 22.9 Å². The number of benzene rings is 2. The first-order valence-electron chi connectivity index (χ1n) is 9.56. The Morgan fingerprint density at radius 1 is 1.22 bits per heavy atom. The van der Waals surface area contributed by atoms with Crippen molar-refractivity contribution in [2.24, 2.45) is 0 Å². The molecule has 3 rings (SSSR count). The molecular formula is C20H21N5O5S2. The van der Waals surface area contributed by atoms with Gasteiger partial charge in [-0.3, -0.25) is 24.5 Å². The van der Waals surface area contributed by atoms with E-state index in [4.69, 9.17) is 0 Å². The zero-order valence-electron chi connectivity index (χ0n) is 17.5. The van der Waals surface area contributed by atoms with E-state index in [1.165, 1.54) is 12.1 Å². The zero-order chi connectivity index (χ0) is 23.5. The molecule has 0 aliphatic heterocycles. The lowest BCUT2D eigenvalue weighted by molar-refractivity contribution is -0.384. The van der Waals surface area contributed by atoms with Gasteiger partial charge in [0.1, 0.15) is 11.0 Å². The number of anilines is 2. The maximum Gasteiger partial charge on any atom is 0.271 e. The van der Waals surface area contributed by atoms with Crippen LogP contribution < -0.4 is 9.62 Å². The zero-order valence-corrected chi connectivity index (χ0v) is 19.2. The number of rotatable bonds is 8. The maximum atomic E-state index is 13.1. The van der Waals surface area contributed by atoms with Gasteiger partial charge in [-0.25, -0.2) is 8.42 Å². The Kier molecular flexibility index (Phi) is 6.84. The van der Waals surface area contributed by atoms with Crippen molar-refractivity contribution < 1.29 is 18.1 Å². The fourth-order valence-electron chi connectivity index (χ4n) is 3.14. The maximum absolute atomic E-state index is 13.1. The average molecular weight is 476 g/mol. The van der Waals surface area contributed by atoms with E-state index >= 15 is 0 Å². The molecule has 0 spiro atoms. The number of hydrogen-bond donors (Lipinski definition) is 1. The van der Waals surface area contributed by atoms with E-state index < -0.39 is 26.9 Å². The molecule has 32 heavy (non-hydrogen) atoms. The highest BCUT2D eigenvalue weighted by atomic mass is 32.2. The lowest BCUT2D eigenvalue weighted by Gasteiger charge is -2.30. The minimum atomic E-state index is -3.95. The number of sulfonamides is 1. The third kappa shape index (κ3) is 5.08. The van der Waals surface area contributed by atoms with Gasteiger partial charge in [0.15, 0.2) is 0 Å². The number of carbonyl (C=O) groups is 1. The molecule has 12 heteroatoms. The first-order chi connectivity index (χ1) is 15.1. The molecule has 10 nitrogen and oxygen atoms in total. The third-order valence-electron chi connectivity index (χ3n) is 4.65. The van der Waals surface area contributed by atoms with E-state index in [9.17, 15) is 23.3 Å². The van der Waals surface area contributed by atoms with Crippen LogP contribution in [0, 0.1) is 17.0 Å². The standard InChI is InChI=1S/C20H21N5O5S2/c1-4-16(18(26)21-20-23-22-19(31-20)14-8-6-5-7-9-14)24(32(3,29)30)17-12-15(25(27)28)11-10-13(17)2/h5-12,16H,4H2,1-3H3,(H,21,23,26)/t16-/m1/s1. The number of non-ortho nitro benzene ring substituents is 1. The fourth-order valence-corrected chi connectivity index (χ4v) is 5.16. The van der Waals surface area contributed by atoms with Crippen LogP contribution in [0.3, 0.4) is 0 Å². The third-order valence-corrected chi connectivity index (χ3v) is 6.70. The van der Waals surface area contributed by atoms with Gasteiger partial charge in [-0.1, -0.05) is 54.7 Å². The van der Waals surface area contributed by atoms with Crippen LogP contribution in [0.4, 0.5) is 16.5 Å². The van der Waals surface area contributed by atoms with Crippen LogP contribution in [0.2, 0.25) is 0 Å². The molecule has 0 aliphatic rings. The Labute approximate surface area is 189 Å². The Hall–Kier alpha value is -3.38. The van der Waals surface area contributed by atoms with Crippen molar-refractivity contribution in [1.82, 2.24) is 10.2 Å². The van der Waals surface area contributed by atoms with Crippen LogP contribution in [-0.2, 0) is 14.8 Å². The van der Waals surface area contributed by atoms with Crippen molar-refractivity contribution in [3.05, 3.63) is 64.2 Å². The number of nitrogens with zero attached hydrogens (tertiary/aromatic N) is 4. The minimum absolute atomic E-state index is 0.0749. The molecule has 1 heterocycles. The van der Waals surface area contributed by atoms with Gasteiger partial charge in [-0.05, 0) is 18.9 Å². The van der Waals surface area contributed by atoms with Crippen molar-refractivity contribution >= 4 is 43.8 Å². The lowest BCUT2D eigenvalue weighted by Crippen LogP contribution is -2.47. The predicted molar refractivity (Wildman–Crippen MR) is 123 cm³/mol. The second-order valence-corrected chi connectivity index (χ2v) is 9.82. The summed E-state index contributed by atoms with van der Waals surface area (Å²) in [6, 6.07) is 12.0. The highest BCUT2D eigenvalue weighted by molar-refractivity contribution is 7.92.